The topological polar surface area (TPSA) is 230 Å². The zero-order valence-corrected chi connectivity index (χ0v) is 19.5. The zero-order valence-electron chi connectivity index (χ0n) is 17.8. The maximum absolute atomic E-state index is 12.1. The summed E-state index contributed by atoms with van der Waals surface area (Å²) in [7, 11) is -10.6. The second kappa shape index (κ2) is 10.0. The molecule has 2 aliphatic heterocycles. The van der Waals surface area contributed by atoms with Gasteiger partial charge in [-0.3, -0.25) is 33.0 Å². The smallest absolute Gasteiger partial charge is 0.390 e. The first kappa shape index (κ1) is 26.8. The lowest BCUT2D eigenvalue weighted by Gasteiger charge is -2.27. The lowest BCUT2D eigenvalue weighted by molar-refractivity contribution is -0.174. The summed E-state index contributed by atoms with van der Waals surface area (Å²) in [5.74, 6) is -1.79. The number of aromatic nitrogens is 2. The first-order valence-corrected chi connectivity index (χ1v) is 12.7. The lowest BCUT2D eigenvalue weighted by Crippen LogP contribution is -2.41. The van der Waals surface area contributed by atoms with Gasteiger partial charge in [-0.15, -0.1) is 0 Å². The molecule has 0 bridgehead atoms. The molecule has 0 aromatic carbocycles. The van der Waals surface area contributed by atoms with E-state index in [0.29, 0.717) is 0 Å². The van der Waals surface area contributed by atoms with Crippen LogP contribution in [0.3, 0.4) is 0 Å². The third-order valence-corrected chi connectivity index (χ3v) is 7.50. The standard InChI is InChI=1S/C16H22N2O14P2/c1-7-5-18(16(23)17-15(7)22)12-3-9(19)11(30-12)6-28-33(24,25)32-34(26,27)31-13-4-10(20)14(21)8(2)29-13/h5,8-9,11-13,19H,3-4,6H2,1-2H3,(H,24,25)(H,26,27)(H,17,22,23)/t8-,9-,11+,12+,13+/m0/s1. The van der Waals surface area contributed by atoms with Crippen molar-refractivity contribution in [3.05, 3.63) is 32.6 Å². The molecule has 1 aromatic heterocycles. The minimum Gasteiger partial charge on any atom is -0.390 e. The van der Waals surface area contributed by atoms with Crippen molar-refractivity contribution in [3.63, 3.8) is 0 Å². The second-order valence-corrected chi connectivity index (χ2v) is 10.5. The quantitative estimate of drug-likeness (QED) is 0.235. The van der Waals surface area contributed by atoms with Crippen molar-refractivity contribution in [2.75, 3.05) is 6.61 Å². The average Bonchev–Trinajstić information content (AvgIpc) is 3.06. The number of carbonyl (C=O) groups is 2. The van der Waals surface area contributed by atoms with Crippen LogP contribution in [0.5, 0.6) is 0 Å². The van der Waals surface area contributed by atoms with Crippen LogP contribution in [0.25, 0.3) is 0 Å². The minimum atomic E-state index is -5.32. The van der Waals surface area contributed by atoms with Crippen LogP contribution in [0.4, 0.5) is 0 Å². The molecule has 0 radical (unpaired) electrons. The number of aliphatic hydroxyl groups excluding tert-OH is 1. The van der Waals surface area contributed by atoms with E-state index in [0.717, 1.165) is 4.57 Å². The van der Waals surface area contributed by atoms with E-state index in [-0.39, 0.29) is 12.0 Å². The van der Waals surface area contributed by atoms with Crippen molar-refractivity contribution < 1.29 is 56.4 Å². The summed E-state index contributed by atoms with van der Waals surface area (Å²) in [5.41, 5.74) is -1.20. The number of ether oxygens (including phenoxy) is 2. The molecule has 0 saturated carbocycles. The second-order valence-electron chi connectivity index (χ2n) is 7.53. The number of hydrogen-bond donors (Lipinski definition) is 4. The fourth-order valence-electron chi connectivity index (χ4n) is 3.20. The van der Waals surface area contributed by atoms with Crippen LogP contribution in [-0.2, 0) is 41.6 Å². The molecule has 2 aliphatic rings. The van der Waals surface area contributed by atoms with Crippen LogP contribution in [0.2, 0.25) is 0 Å². The maximum atomic E-state index is 12.1. The predicted octanol–water partition coefficient (Wildman–Crippen LogP) is -0.983. The van der Waals surface area contributed by atoms with Crippen molar-refractivity contribution in [3.8, 4) is 0 Å². The van der Waals surface area contributed by atoms with E-state index in [1.54, 1.807) is 0 Å². The number of carbonyl (C=O) groups excluding carboxylic acids is 2. The molecule has 0 amide bonds. The average molecular weight is 528 g/mol. The minimum absolute atomic E-state index is 0.137. The molecular weight excluding hydrogens is 506 g/mol. The first-order chi connectivity index (χ1) is 15.7. The van der Waals surface area contributed by atoms with E-state index in [2.05, 4.69) is 18.3 Å². The molecule has 16 nitrogen and oxygen atoms in total. The molecule has 7 atom stereocenters. The van der Waals surface area contributed by atoms with Crippen LogP contribution < -0.4 is 11.2 Å². The fourth-order valence-corrected chi connectivity index (χ4v) is 5.35. The summed E-state index contributed by atoms with van der Waals surface area (Å²) in [6.45, 7) is 1.86. The van der Waals surface area contributed by atoms with Crippen LogP contribution in [0.15, 0.2) is 15.8 Å². The van der Waals surface area contributed by atoms with Gasteiger partial charge in [-0.1, -0.05) is 0 Å². The van der Waals surface area contributed by atoms with Gasteiger partial charge in [0.25, 0.3) is 5.56 Å². The van der Waals surface area contributed by atoms with Gasteiger partial charge >= 0.3 is 21.3 Å². The van der Waals surface area contributed by atoms with Crippen molar-refractivity contribution >= 4 is 27.2 Å². The normalized spacial score (nSPS) is 31.3. The zero-order chi connectivity index (χ0) is 25.4. The fraction of sp³-hybridized carbons (Fsp3) is 0.625. The molecule has 4 N–H and O–H groups in total. The van der Waals surface area contributed by atoms with E-state index in [9.17, 15) is 43.2 Å². The molecule has 1 aromatic rings. The number of ketones is 2. The van der Waals surface area contributed by atoms with Gasteiger partial charge in [0.05, 0.1) is 19.1 Å². The number of nitrogens with one attached hydrogen (secondary N) is 1. The number of aryl methyl sites for hydroxylation is 1. The Morgan fingerprint density at radius 3 is 2.50 bits per heavy atom. The molecule has 190 valence electrons. The number of aliphatic hydroxyl groups is 1. The Hall–Kier alpha value is -1.84. The Kier molecular flexibility index (Phi) is 7.89. The number of rotatable bonds is 8. The molecule has 34 heavy (non-hydrogen) atoms. The van der Waals surface area contributed by atoms with Crippen molar-refractivity contribution in [2.24, 2.45) is 0 Å². The summed E-state index contributed by atoms with van der Waals surface area (Å²) < 4.78 is 48.9. The molecule has 2 saturated heterocycles. The molecular formula is C16H22N2O14P2. The van der Waals surface area contributed by atoms with Gasteiger partial charge in [-0.2, -0.15) is 4.31 Å². The largest absolute Gasteiger partial charge is 0.483 e. The SMILES string of the molecule is Cc1cn([C@H]2C[C@H](O)[C@@H](COP(=O)(O)OP(=O)(O)O[C@@H]3CC(=O)C(=O)[C@H](C)O3)O2)c(=O)[nH]c1=O. The lowest BCUT2D eigenvalue weighted by atomic mass is 10.1. The molecule has 3 heterocycles. The first-order valence-electron chi connectivity index (χ1n) is 9.75. The predicted molar refractivity (Wildman–Crippen MR) is 107 cm³/mol. The number of Topliss-reactive ketones (excluding diaryl/α,β-unsaturated/α-hetero) is 2. The molecule has 2 unspecified atom stereocenters. The monoisotopic (exact) mass is 528 g/mol. The Labute approximate surface area is 190 Å². The van der Waals surface area contributed by atoms with Crippen LogP contribution in [0, 0.1) is 6.92 Å². The highest BCUT2D eigenvalue weighted by Gasteiger charge is 2.43. The summed E-state index contributed by atoms with van der Waals surface area (Å²) in [6.07, 6.45) is -6.13. The van der Waals surface area contributed by atoms with Gasteiger partial charge < -0.3 is 24.4 Å². The van der Waals surface area contributed by atoms with Gasteiger partial charge in [0, 0.05) is 18.2 Å². The van der Waals surface area contributed by atoms with Crippen LogP contribution >= 0.6 is 15.6 Å². The van der Waals surface area contributed by atoms with E-state index < -0.39 is 82.3 Å². The highest BCUT2D eigenvalue weighted by Crippen LogP contribution is 2.61. The Morgan fingerprint density at radius 1 is 1.18 bits per heavy atom. The number of H-pyrrole nitrogens is 1. The van der Waals surface area contributed by atoms with E-state index >= 15 is 0 Å². The van der Waals surface area contributed by atoms with E-state index in [1.807, 2.05) is 0 Å². The Morgan fingerprint density at radius 2 is 1.85 bits per heavy atom. The summed E-state index contributed by atoms with van der Waals surface area (Å²) in [6, 6.07) is 0. The number of nitrogens with zero attached hydrogens (tertiary/aromatic N) is 1. The highest BCUT2D eigenvalue weighted by atomic mass is 31.3. The molecule has 18 heteroatoms. The third kappa shape index (κ3) is 6.43. The van der Waals surface area contributed by atoms with Crippen LogP contribution in [-0.4, -0.2) is 67.2 Å². The third-order valence-electron chi connectivity index (χ3n) is 4.87. The molecule has 0 aliphatic carbocycles. The summed E-state index contributed by atoms with van der Waals surface area (Å²) in [4.78, 5) is 68.0. The highest BCUT2D eigenvalue weighted by molar-refractivity contribution is 7.61. The molecule has 3 rings (SSSR count). The van der Waals surface area contributed by atoms with Gasteiger partial charge in [0.15, 0.2) is 6.29 Å². The van der Waals surface area contributed by atoms with Crippen molar-refractivity contribution in [1.29, 1.82) is 0 Å². The Balaban J connectivity index is 1.57. The Bertz CT molecular complexity index is 1180. The number of aromatic amines is 1. The molecule has 2 fully saturated rings. The van der Waals surface area contributed by atoms with Gasteiger partial charge in [0.2, 0.25) is 11.6 Å². The van der Waals surface area contributed by atoms with Gasteiger partial charge in [-0.25, -0.2) is 13.9 Å². The maximum Gasteiger partial charge on any atom is 0.483 e. The number of phosphoric acid groups is 2. The summed E-state index contributed by atoms with van der Waals surface area (Å²) in [5, 5.41) is 10.1. The van der Waals surface area contributed by atoms with Crippen molar-refractivity contribution in [1.82, 2.24) is 9.55 Å². The van der Waals surface area contributed by atoms with E-state index in [1.165, 1.54) is 20.0 Å². The summed E-state index contributed by atoms with van der Waals surface area (Å²) >= 11 is 0. The van der Waals surface area contributed by atoms with Gasteiger partial charge in [-0.05, 0) is 13.8 Å². The number of phosphoric ester groups is 2. The number of hydrogen-bond acceptors (Lipinski definition) is 12. The molecule has 0 spiro atoms. The van der Waals surface area contributed by atoms with Gasteiger partial charge in [0.1, 0.15) is 18.4 Å². The van der Waals surface area contributed by atoms with E-state index in [4.69, 9.17) is 9.47 Å². The van der Waals surface area contributed by atoms with Crippen LogP contribution in [0.1, 0.15) is 31.6 Å². The van der Waals surface area contributed by atoms with Crippen molar-refractivity contribution in [2.45, 2.75) is 57.5 Å².